The minimum absolute atomic E-state index is 0.0974. The molecule has 0 atom stereocenters. The van der Waals surface area contributed by atoms with E-state index in [-0.39, 0.29) is 33.2 Å². The molecule has 0 saturated carbocycles. The molecule has 0 aliphatic heterocycles. The zero-order valence-electron chi connectivity index (χ0n) is 38.2. The fourth-order valence-corrected chi connectivity index (χ4v) is 9.65. The summed E-state index contributed by atoms with van der Waals surface area (Å²) >= 11 is 15.4. The second-order valence-corrected chi connectivity index (χ2v) is 17.8. The molecule has 4 aromatic carbocycles. The summed E-state index contributed by atoms with van der Waals surface area (Å²) in [6.07, 6.45) is 0. The van der Waals surface area contributed by atoms with Crippen LogP contribution in [0.3, 0.4) is 0 Å². The Bertz CT molecular complexity index is 3270. The predicted molar refractivity (Wildman–Crippen MR) is 286 cm³/mol. The summed E-state index contributed by atoms with van der Waals surface area (Å²) in [4.78, 5) is 23.2. The summed E-state index contributed by atoms with van der Waals surface area (Å²) in [7, 11) is 3.22. The molecule has 0 unspecified atom stereocenters. The maximum Gasteiger partial charge on any atom is 0.236 e. The first-order chi connectivity index (χ1) is 34.7. The van der Waals surface area contributed by atoms with Crippen LogP contribution >= 0.6 is 58.3 Å². The third kappa shape index (κ3) is 14.0. The van der Waals surface area contributed by atoms with E-state index < -0.39 is 0 Å². The summed E-state index contributed by atoms with van der Waals surface area (Å²) in [6.45, 7) is 16.8. The van der Waals surface area contributed by atoms with Gasteiger partial charge in [-0.1, -0.05) is 109 Å². The normalized spacial score (nSPS) is 10.2. The maximum absolute atomic E-state index is 10.0. The molecule has 19 heteroatoms. The van der Waals surface area contributed by atoms with Gasteiger partial charge in [0.2, 0.25) is 11.4 Å². The Morgan fingerprint density at radius 1 is 0.662 bits per heavy atom. The van der Waals surface area contributed by atoms with Crippen molar-refractivity contribution in [2.24, 2.45) is 0 Å². The summed E-state index contributed by atoms with van der Waals surface area (Å²) in [5.74, 6) is 2.60. The number of aromatic amines is 1. The van der Waals surface area contributed by atoms with Gasteiger partial charge < -0.3 is 35.4 Å². The van der Waals surface area contributed by atoms with Crippen LogP contribution in [0.4, 0.5) is 23.0 Å². The Hall–Kier alpha value is -7.62. The van der Waals surface area contributed by atoms with E-state index in [4.69, 9.17) is 72.4 Å². The van der Waals surface area contributed by atoms with Gasteiger partial charge in [0.05, 0.1) is 54.8 Å². The van der Waals surface area contributed by atoms with Crippen LogP contribution in [0.2, 0.25) is 0 Å². The summed E-state index contributed by atoms with van der Waals surface area (Å²) < 4.78 is 21.3. The van der Waals surface area contributed by atoms with Crippen molar-refractivity contribution in [1.29, 1.82) is 10.5 Å². The topological polar surface area (TPSA) is 200 Å². The Morgan fingerprint density at radius 2 is 1.14 bits per heavy atom. The molecule has 71 heavy (non-hydrogen) atoms. The van der Waals surface area contributed by atoms with Crippen molar-refractivity contribution in [1.82, 2.24) is 19.9 Å². The molecule has 0 radical (unpaired) electrons. The molecule has 0 saturated heterocycles. The standard InChI is InChI=1S/C26H21N5O2S2.C16H14N4O2S.C10H8ClNS/c1-29-23-22(17-8-10-20(11-9-17)33-13-12-32-2)21(14-27)26(31-24(23)28)35-16-19-15-34-25(30-19)18-6-4-3-5-7-18;1-19-14-13(12(9-17)16(23)20-15(14)18)10-3-5-11(6-4-10)22-8-7-21-2;11-6-9-7-13-10(12-9)8-4-2-1-3-5-8/h3-11,15H,12-13,16H2,2H3,(H2,28,31);3-6H,7-8H2,2H3,(H3,18,20,23);1-5,7H,6H2. The second kappa shape index (κ2) is 27.0. The molecular weight excluding hydrogens is 992 g/mol. The van der Waals surface area contributed by atoms with Crippen LogP contribution in [0.5, 0.6) is 11.5 Å². The number of hydrogen-bond donors (Lipinski definition) is 3. The van der Waals surface area contributed by atoms with Crippen LogP contribution in [-0.4, -0.2) is 60.6 Å². The van der Waals surface area contributed by atoms with Gasteiger partial charge in [0, 0.05) is 53.0 Å². The minimum atomic E-state index is 0.0974. The lowest BCUT2D eigenvalue weighted by molar-refractivity contribution is 0.146. The van der Waals surface area contributed by atoms with Crippen LogP contribution in [0.1, 0.15) is 22.5 Å². The fraction of sp³-hybridized carbons (Fsp3) is 0.154. The Kier molecular flexibility index (Phi) is 20.0. The number of thiazole rings is 2. The van der Waals surface area contributed by atoms with Crippen LogP contribution in [-0.2, 0) is 21.1 Å². The molecule has 8 rings (SSSR count). The number of nitrogen functional groups attached to an aromatic ring is 2. The molecule has 4 heterocycles. The molecule has 356 valence electrons. The van der Waals surface area contributed by atoms with Gasteiger partial charge in [-0.25, -0.2) is 24.6 Å². The van der Waals surface area contributed by atoms with Crippen molar-refractivity contribution in [3.63, 3.8) is 0 Å². The number of nitrogens with one attached hydrogen (secondary N) is 1. The van der Waals surface area contributed by atoms with E-state index in [1.165, 1.54) is 11.8 Å². The molecule has 5 N–H and O–H groups in total. The minimum Gasteiger partial charge on any atom is -0.491 e. The van der Waals surface area contributed by atoms with Crippen molar-refractivity contribution in [3.8, 4) is 67.0 Å². The van der Waals surface area contributed by atoms with E-state index in [1.54, 1.807) is 73.3 Å². The number of rotatable bonds is 16. The molecule has 0 spiro atoms. The summed E-state index contributed by atoms with van der Waals surface area (Å²) in [5.41, 5.74) is 19.2. The average molecular weight is 1040 g/mol. The maximum atomic E-state index is 10.0. The number of nitrogens with two attached hydrogens (primary N) is 2. The lowest BCUT2D eigenvalue weighted by atomic mass is 10.00. The number of nitrogens with zero attached hydrogens (tertiary/aromatic N) is 7. The predicted octanol–water partition coefficient (Wildman–Crippen LogP) is 13.2. The Balaban J connectivity index is 0.000000195. The highest BCUT2D eigenvalue weighted by atomic mass is 35.5. The number of ether oxygens (including phenoxy) is 4. The number of H-pyrrole nitrogens is 1. The quantitative estimate of drug-likeness (QED) is 0.0272. The van der Waals surface area contributed by atoms with Gasteiger partial charge in [-0.2, -0.15) is 10.5 Å². The first-order valence-electron chi connectivity index (χ1n) is 21.2. The number of pyridine rings is 2. The Morgan fingerprint density at radius 3 is 1.59 bits per heavy atom. The Labute approximate surface area is 433 Å². The van der Waals surface area contributed by atoms with Crippen molar-refractivity contribution in [2.75, 3.05) is 52.1 Å². The van der Waals surface area contributed by atoms with Gasteiger partial charge in [-0.3, -0.25) is 0 Å². The summed E-state index contributed by atoms with van der Waals surface area (Å²) in [5, 5.41) is 25.8. The highest BCUT2D eigenvalue weighted by Gasteiger charge is 2.22. The first-order valence-corrected chi connectivity index (χ1v) is 24.9. The van der Waals surface area contributed by atoms with Gasteiger partial charge in [0.25, 0.3) is 0 Å². The van der Waals surface area contributed by atoms with Gasteiger partial charge in [-0.15, -0.1) is 34.3 Å². The van der Waals surface area contributed by atoms with Crippen LogP contribution in [0, 0.1) is 40.4 Å². The number of hydrogen-bond acceptors (Lipinski definition) is 15. The SMILES string of the molecule is ClCc1csc(-c2ccccc2)n1.[C-]#[N+]c1c(N)[nH]c(=S)c(C#N)c1-c1ccc(OCCOC)cc1.[C-]#[N+]c1c(N)nc(SCc2csc(-c3ccccc3)n2)c(C#N)c1-c1ccc(OCCOC)cc1. The number of anilines is 2. The highest BCUT2D eigenvalue weighted by molar-refractivity contribution is 7.98. The van der Waals surface area contributed by atoms with Gasteiger partial charge >= 0.3 is 0 Å². The van der Waals surface area contributed by atoms with Crippen molar-refractivity contribution in [2.45, 2.75) is 16.7 Å². The van der Waals surface area contributed by atoms with Crippen molar-refractivity contribution < 1.29 is 18.9 Å². The third-order valence-electron chi connectivity index (χ3n) is 9.87. The average Bonchev–Trinajstić information content (AvgIpc) is 4.10. The first kappa shape index (κ1) is 52.7. The van der Waals surface area contributed by atoms with Crippen molar-refractivity contribution >= 4 is 81.3 Å². The highest BCUT2D eigenvalue weighted by Crippen LogP contribution is 2.43. The number of aromatic nitrogens is 4. The number of nitriles is 2. The number of alkyl halides is 1. The molecule has 0 fully saturated rings. The zero-order valence-corrected chi connectivity index (χ0v) is 42.2. The molecule has 0 aliphatic rings. The van der Waals surface area contributed by atoms with E-state index in [2.05, 4.69) is 42.8 Å². The van der Waals surface area contributed by atoms with E-state index in [1.807, 2.05) is 77.5 Å². The lowest BCUT2D eigenvalue weighted by Gasteiger charge is -2.13. The van der Waals surface area contributed by atoms with E-state index in [0.29, 0.717) is 82.4 Å². The molecule has 0 amide bonds. The van der Waals surface area contributed by atoms with Crippen molar-refractivity contribution in [3.05, 3.63) is 170 Å². The van der Waals surface area contributed by atoms with Crippen LogP contribution in [0.15, 0.2) is 125 Å². The largest absolute Gasteiger partial charge is 0.491 e. The number of halogens is 1. The summed E-state index contributed by atoms with van der Waals surface area (Å²) in [6, 6.07) is 38.7. The molecular formula is C52H43ClN10O4S4. The van der Waals surface area contributed by atoms with E-state index in [0.717, 1.165) is 32.5 Å². The van der Waals surface area contributed by atoms with Crippen LogP contribution < -0.4 is 20.9 Å². The molecule has 0 aliphatic carbocycles. The number of thioether (sulfide) groups is 1. The number of methoxy groups -OCH3 is 2. The van der Waals surface area contributed by atoms with E-state index >= 15 is 0 Å². The smallest absolute Gasteiger partial charge is 0.236 e. The van der Waals surface area contributed by atoms with Gasteiger partial charge in [0.1, 0.15) is 68.2 Å². The molecule has 14 nitrogen and oxygen atoms in total. The molecule has 8 aromatic rings. The number of benzene rings is 4. The second-order valence-electron chi connectivity index (χ2n) is 14.5. The van der Waals surface area contributed by atoms with Crippen LogP contribution in [0.25, 0.3) is 53.1 Å². The lowest BCUT2D eigenvalue weighted by Crippen LogP contribution is -2.04. The molecule has 4 aromatic heterocycles. The fourth-order valence-electron chi connectivity index (χ4n) is 6.52. The molecule has 0 bridgehead atoms. The van der Waals surface area contributed by atoms with E-state index in [9.17, 15) is 10.5 Å². The van der Waals surface area contributed by atoms with Gasteiger partial charge in [0.15, 0.2) is 0 Å². The zero-order chi connectivity index (χ0) is 50.5. The monoisotopic (exact) mass is 1030 g/mol. The third-order valence-corrected chi connectivity index (χ3v) is 13.3. The van der Waals surface area contributed by atoms with Gasteiger partial charge in [-0.05, 0) is 35.4 Å².